The van der Waals surface area contributed by atoms with Gasteiger partial charge in [-0.2, -0.15) is 5.10 Å². The highest BCUT2D eigenvalue weighted by Crippen LogP contribution is 2.40. The van der Waals surface area contributed by atoms with Gasteiger partial charge in [0.1, 0.15) is 5.82 Å². The van der Waals surface area contributed by atoms with E-state index in [2.05, 4.69) is 39.1 Å². The second kappa shape index (κ2) is 7.76. The molecule has 0 radical (unpaired) electrons. The number of aromatic nitrogens is 3. The maximum Gasteiger partial charge on any atom is 0.129 e. The third-order valence-electron chi connectivity index (χ3n) is 5.82. The van der Waals surface area contributed by atoms with E-state index in [1.54, 1.807) is 0 Å². The minimum atomic E-state index is -0.163. The lowest BCUT2D eigenvalue weighted by Crippen LogP contribution is -2.36. The van der Waals surface area contributed by atoms with Crippen molar-refractivity contribution in [1.29, 1.82) is 0 Å². The molecule has 1 aliphatic carbocycles. The van der Waals surface area contributed by atoms with Crippen LogP contribution in [0.4, 0.5) is 5.82 Å². The van der Waals surface area contributed by atoms with E-state index in [9.17, 15) is 5.11 Å². The molecule has 1 saturated carbocycles. The van der Waals surface area contributed by atoms with Crippen molar-refractivity contribution in [2.45, 2.75) is 50.7 Å². The van der Waals surface area contributed by atoms with Gasteiger partial charge in [0.2, 0.25) is 0 Å². The zero-order valence-electron chi connectivity index (χ0n) is 15.3. The fraction of sp³-hybridized carbons (Fsp3) is 0.600. The highest BCUT2D eigenvalue weighted by Gasteiger charge is 2.30. The molecule has 1 aliphatic heterocycles. The molecule has 2 aromatic rings. The summed E-state index contributed by atoms with van der Waals surface area (Å²) in [6, 6.07) is 6.69. The molecule has 0 atom stereocenters. The van der Waals surface area contributed by atoms with Gasteiger partial charge in [0, 0.05) is 24.8 Å². The van der Waals surface area contributed by atoms with Crippen LogP contribution in [0.1, 0.15) is 44.6 Å². The van der Waals surface area contributed by atoms with Crippen LogP contribution >= 0.6 is 0 Å². The molecular weight excluding hydrogens is 326 g/mol. The number of pyridine rings is 1. The van der Waals surface area contributed by atoms with Gasteiger partial charge in [-0.05, 0) is 63.1 Å². The van der Waals surface area contributed by atoms with Crippen LogP contribution in [-0.4, -0.2) is 45.6 Å². The molecule has 0 amide bonds. The maximum atomic E-state index is 9.69. The van der Waals surface area contributed by atoms with E-state index in [0.29, 0.717) is 6.04 Å². The normalized spacial score (nSPS) is 23.8. The van der Waals surface area contributed by atoms with Gasteiger partial charge < -0.3 is 15.7 Å². The standard InChI is InChI=1S/C20H29N5O/c21-8-2-3-15-11-17(12-15)25-14-16(13-22-25)19-4-1-5-20(23-19)24-9-6-18(26)7-10-24/h1,4-5,13-15,17-18,26H,2-3,6-12,21H2. The Morgan fingerprint density at radius 1 is 1.19 bits per heavy atom. The smallest absolute Gasteiger partial charge is 0.129 e. The zero-order valence-corrected chi connectivity index (χ0v) is 15.3. The summed E-state index contributed by atoms with van der Waals surface area (Å²) in [7, 11) is 0. The number of piperidine rings is 1. The first kappa shape index (κ1) is 17.5. The van der Waals surface area contributed by atoms with Crippen LogP contribution in [0.3, 0.4) is 0 Å². The van der Waals surface area contributed by atoms with Crippen molar-refractivity contribution < 1.29 is 5.11 Å². The summed E-state index contributed by atoms with van der Waals surface area (Å²) in [5.41, 5.74) is 7.65. The predicted octanol–water partition coefficient (Wildman–Crippen LogP) is 2.60. The summed E-state index contributed by atoms with van der Waals surface area (Å²) < 4.78 is 2.11. The van der Waals surface area contributed by atoms with Gasteiger partial charge in [-0.15, -0.1) is 0 Å². The topological polar surface area (TPSA) is 80.2 Å². The summed E-state index contributed by atoms with van der Waals surface area (Å²) in [6.45, 7) is 2.53. The molecule has 140 valence electrons. The maximum absolute atomic E-state index is 9.69. The first-order valence-electron chi connectivity index (χ1n) is 9.87. The molecule has 0 aromatic carbocycles. The molecule has 1 saturated heterocycles. The van der Waals surface area contributed by atoms with E-state index >= 15 is 0 Å². The quantitative estimate of drug-likeness (QED) is 0.832. The number of nitrogens with two attached hydrogens (primary N) is 1. The van der Waals surface area contributed by atoms with Gasteiger partial charge in [0.05, 0.1) is 24.0 Å². The Morgan fingerprint density at radius 2 is 2.00 bits per heavy atom. The molecule has 3 heterocycles. The molecule has 3 N–H and O–H groups in total. The Labute approximate surface area is 155 Å². The van der Waals surface area contributed by atoms with Gasteiger partial charge in [0.25, 0.3) is 0 Å². The first-order valence-corrected chi connectivity index (χ1v) is 9.87. The predicted molar refractivity (Wildman–Crippen MR) is 103 cm³/mol. The van der Waals surface area contributed by atoms with Crippen molar-refractivity contribution in [3.8, 4) is 11.3 Å². The average molecular weight is 355 g/mol. The van der Waals surface area contributed by atoms with Gasteiger partial charge in [0.15, 0.2) is 0 Å². The molecule has 0 unspecified atom stereocenters. The summed E-state index contributed by atoms with van der Waals surface area (Å²) in [5, 5.41) is 14.3. The van der Waals surface area contributed by atoms with Gasteiger partial charge in [-0.25, -0.2) is 4.98 Å². The second-order valence-corrected chi connectivity index (χ2v) is 7.73. The third kappa shape index (κ3) is 3.76. The van der Waals surface area contributed by atoms with Crippen LogP contribution in [0.25, 0.3) is 11.3 Å². The van der Waals surface area contributed by atoms with E-state index in [0.717, 1.165) is 61.9 Å². The molecule has 0 bridgehead atoms. The lowest BCUT2D eigenvalue weighted by molar-refractivity contribution is 0.145. The van der Waals surface area contributed by atoms with Crippen molar-refractivity contribution in [3.63, 3.8) is 0 Å². The van der Waals surface area contributed by atoms with Crippen molar-refractivity contribution in [2.75, 3.05) is 24.5 Å². The Morgan fingerprint density at radius 3 is 2.77 bits per heavy atom. The van der Waals surface area contributed by atoms with Gasteiger partial charge in [-0.3, -0.25) is 4.68 Å². The van der Waals surface area contributed by atoms with E-state index in [1.165, 1.54) is 19.3 Å². The molecular formula is C20H29N5O. The average Bonchev–Trinajstić information content (AvgIpc) is 3.11. The summed E-state index contributed by atoms with van der Waals surface area (Å²) in [6.07, 6.45) is 10.3. The van der Waals surface area contributed by atoms with E-state index < -0.39 is 0 Å². The fourth-order valence-electron chi connectivity index (χ4n) is 4.08. The van der Waals surface area contributed by atoms with Crippen molar-refractivity contribution in [2.24, 2.45) is 11.7 Å². The number of hydrogen-bond acceptors (Lipinski definition) is 5. The number of hydrogen-bond donors (Lipinski definition) is 2. The highest BCUT2D eigenvalue weighted by atomic mass is 16.3. The lowest BCUT2D eigenvalue weighted by atomic mass is 9.77. The largest absolute Gasteiger partial charge is 0.393 e. The third-order valence-corrected chi connectivity index (χ3v) is 5.82. The van der Waals surface area contributed by atoms with Crippen LogP contribution in [0.2, 0.25) is 0 Å². The van der Waals surface area contributed by atoms with E-state index in [-0.39, 0.29) is 6.10 Å². The van der Waals surface area contributed by atoms with E-state index in [1.807, 2.05) is 6.20 Å². The second-order valence-electron chi connectivity index (χ2n) is 7.73. The Kier molecular flexibility index (Phi) is 5.22. The Balaban J connectivity index is 1.41. The molecule has 2 aliphatic rings. The van der Waals surface area contributed by atoms with Crippen LogP contribution < -0.4 is 10.6 Å². The highest BCUT2D eigenvalue weighted by molar-refractivity contribution is 5.60. The number of aliphatic hydroxyl groups excluding tert-OH is 1. The van der Waals surface area contributed by atoms with E-state index in [4.69, 9.17) is 10.7 Å². The molecule has 6 heteroatoms. The Bertz CT molecular complexity index is 716. The Hall–Kier alpha value is -1.92. The van der Waals surface area contributed by atoms with Crippen LogP contribution in [0.5, 0.6) is 0 Å². The zero-order chi connectivity index (χ0) is 17.9. The van der Waals surface area contributed by atoms with Crippen LogP contribution in [0, 0.1) is 5.92 Å². The van der Waals surface area contributed by atoms with Crippen molar-refractivity contribution >= 4 is 5.82 Å². The fourth-order valence-corrected chi connectivity index (χ4v) is 4.08. The molecule has 2 fully saturated rings. The van der Waals surface area contributed by atoms with Gasteiger partial charge >= 0.3 is 0 Å². The summed E-state index contributed by atoms with van der Waals surface area (Å²) in [4.78, 5) is 7.10. The molecule has 2 aromatic heterocycles. The number of aliphatic hydroxyl groups is 1. The number of nitrogens with zero attached hydrogens (tertiary/aromatic N) is 4. The lowest BCUT2D eigenvalue weighted by Gasteiger charge is -2.35. The molecule has 4 rings (SSSR count). The van der Waals surface area contributed by atoms with Crippen molar-refractivity contribution in [3.05, 3.63) is 30.6 Å². The molecule has 6 nitrogen and oxygen atoms in total. The van der Waals surface area contributed by atoms with Crippen LogP contribution in [-0.2, 0) is 0 Å². The number of anilines is 1. The number of rotatable bonds is 6. The molecule has 0 spiro atoms. The minimum Gasteiger partial charge on any atom is -0.393 e. The van der Waals surface area contributed by atoms with Gasteiger partial charge in [-0.1, -0.05) is 6.07 Å². The monoisotopic (exact) mass is 355 g/mol. The van der Waals surface area contributed by atoms with Crippen LogP contribution in [0.15, 0.2) is 30.6 Å². The molecule has 26 heavy (non-hydrogen) atoms. The van der Waals surface area contributed by atoms with Crippen molar-refractivity contribution in [1.82, 2.24) is 14.8 Å². The summed E-state index contributed by atoms with van der Waals surface area (Å²) >= 11 is 0. The SMILES string of the molecule is NCCCC1CC(n2cc(-c3cccc(N4CCC(O)CC4)n3)cn2)C1. The summed E-state index contributed by atoms with van der Waals surface area (Å²) in [5.74, 6) is 1.81. The first-order chi connectivity index (χ1) is 12.7. The minimum absolute atomic E-state index is 0.163.